The van der Waals surface area contributed by atoms with Gasteiger partial charge in [-0.1, -0.05) is 42.5 Å². The Hall–Kier alpha value is -4.36. The number of sulfonamides is 1. The Labute approximate surface area is 252 Å². The van der Waals surface area contributed by atoms with E-state index in [2.05, 4.69) is 20.6 Å². The second-order valence-electron chi connectivity index (χ2n) is 10.4. The van der Waals surface area contributed by atoms with Crippen LogP contribution < -0.4 is 10.6 Å². The molecule has 0 saturated carbocycles. The summed E-state index contributed by atoms with van der Waals surface area (Å²) in [4.78, 5) is 22.2. The number of benzene rings is 3. The summed E-state index contributed by atoms with van der Waals surface area (Å²) in [5, 5.41) is 5.96. The van der Waals surface area contributed by atoms with E-state index in [0.29, 0.717) is 29.8 Å². The molecule has 5 rings (SSSR count). The van der Waals surface area contributed by atoms with Crippen molar-refractivity contribution in [3.63, 3.8) is 0 Å². The van der Waals surface area contributed by atoms with Gasteiger partial charge in [-0.15, -0.1) is 0 Å². The first-order chi connectivity index (χ1) is 20.9. The number of carbonyl (C=O) groups excluding carboxylic acids is 1. The fourth-order valence-electron chi connectivity index (χ4n) is 4.98. The number of amides is 1. The van der Waals surface area contributed by atoms with Gasteiger partial charge in [0.25, 0.3) is 0 Å². The Balaban J connectivity index is 1.38. The van der Waals surface area contributed by atoms with Crippen LogP contribution in [0, 0.1) is 5.82 Å². The van der Waals surface area contributed by atoms with Gasteiger partial charge in [0, 0.05) is 12.1 Å². The molecule has 1 fully saturated rings. The molecule has 1 amide bonds. The number of nitrogens with zero attached hydrogens (tertiary/aromatic N) is 3. The van der Waals surface area contributed by atoms with Crippen molar-refractivity contribution in [2.24, 2.45) is 0 Å². The predicted molar refractivity (Wildman–Crippen MR) is 156 cm³/mol. The summed E-state index contributed by atoms with van der Waals surface area (Å²) < 4.78 is 80.3. The van der Waals surface area contributed by atoms with Crippen molar-refractivity contribution < 1.29 is 30.8 Å². The van der Waals surface area contributed by atoms with E-state index in [9.17, 15) is 30.8 Å². The maximum absolute atomic E-state index is 13.4. The second-order valence-corrected chi connectivity index (χ2v) is 12.3. The Bertz CT molecular complexity index is 1720. The van der Waals surface area contributed by atoms with Gasteiger partial charge in [0.05, 0.1) is 34.4 Å². The highest BCUT2D eigenvalue weighted by molar-refractivity contribution is 7.89. The SMILES string of the molecule is CC(Nc1nc(CNC(=O)[C@@H]2CCCN2S(=O)(=O)c2ccc(F)cc2)cc(-c2ccc(C(F)(F)F)cc2)n1)c1ccccc1. The minimum atomic E-state index is -4.49. The summed E-state index contributed by atoms with van der Waals surface area (Å²) in [7, 11) is -4.05. The molecule has 4 aromatic rings. The van der Waals surface area contributed by atoms with Crippen LogP contribution >= 0.6 is 0 Å². The van der Waals surface area contributed by atoms with Crippen molar-refractivity contribution in [1.29, 1.82) is 0 Å². The third kappa shape index (κ3) is 7.05. The van der Waals surface area contributed by atoms with Gasteiger partial charge >= 0.3 is 6.18 Å². The number of alkyl halides is 3. The average Bonchev–Trinajstić information content (AvgIpc) is 3.52. The van der Waals surface area contributed by atoms with Crippen molar-refractivity contribution in [2.75, 3.05) is 11.9 Å². The minimum Gasteiger partial charge on any atom is -0.349 e. The second kappa shape index (κ2) is 12.7. The Morgan fingerprint density at radius 1 is 1.00 bits per heavy atom. The van der Waals surface area contributed by atoms with E-state index < -0.39 is 39.5 Å². The molecule has 1 aliphatic rings. The third-order valence-electron chi connectivity index (χ3n) is 7.30. The van der Waals surface area contributed by atoms with Gasteiger partial charge < -0.3 is 10.6 Å². The van der Waals surface area contributed by atoms with Crippen LogP contribution in [-0.4, -0.2) is 41.2 Å². The van der Waals surface area contributed by atoms with Gasteiger partial charge in [0.1, 0.15) is 11.9 Å². The fraction of sp³-hybridized carbons (Fsp3) is 0.258. The Morgan fingerprint density at radius 3 is 2.34 bits per heavy atom. The molecule has 13 heteroatoms. The molecule has 0 aliphatic carbocycles. The third-order valence-corrected chi connectivity index (χ3v) is 9.23. The normalized spacial score (nSPS) is 16.4. The molecule has 1 aliphatic heterocycles. The van der Waals surface area contributed by atoms with Crippen LogP contribution in [0.3, 0.4) is 0 Å². The molecule has 1 aromatic heterocycles. The molecule has 2 atom stereocenters. The topological polar surface area (TPSA) is 104 Å². The quantitative estimate of drug-likeness (QED) is 0.223. The van der Waals surface area contributed by atoms with Crippen molar-refractivity contribution >= 4 is 21.9 Å². The summed E-state index contributed by atoms with van der Waals surface area (Å²) in [5.74, 6) is -0.911. The lowest BCUT2D eigenvalue weighted by Gasteiger charge is -2.23. The fourth-order valence-corrected chi connectivity index (χ4v) is 6.63. The van der Waals surface area contributed by atoms with Gasteiger partial charge in [-0.25, -0.2) is 22.8 Å². The van der Waals surface area contributed by atoms with Crippen LogP contribution in [-0.2, 0) is 27.5 Å². The number of halogens is 4. The highest BCUT2D eigenvalue weighted by Crippen LogP contribution is 2.31. The van der Waals surface area contributed by atoms with E-state index >= 15 is 0 Å². The van der Waals surface area contributed by atoms with Crippen LogP contribution in [0.15, 0.2) is 89.8 Å². The van der Waals surface area contributed by atoms with Crippen molar-refractivity contribution in [3.05, 3.63) is 108 Å². The molecule has 8 nitrogen and oxygen atoms in total. The molecule has 1 unspecified atom stereocenters. The van der Waals surface area contributed by atoms with E-state index in [1.807, 2.05) is 37.3 Å². The molecule has 2 heterocycles. The maximum atomic E-state index is 13.4. The summed E-state index contributed by atoms with van der Waals surface area (Å²) >= 11 is 0. The Morgan fingerprint density at radius 2 is 1.68 bits per heavy atom. The van der Waals surface area contributed by atoms with Crippen LogP contribution in [0.4, 0.5) is 23.5 Å². The van der Waals surface area contributed by atoms with Gasteiger partial charge in [0.2, 0.25) is 21.9 Å². The summed E-state index contributed by atoms with van der Waals surface area (Å²) in [6.07, 6.45) is -3.72. The Kier molecular flexibility index (Phi) is 8.97. The lowest BCUT2D eigenvalue weighted by Crippen LogP contribution is -2.45. The standard InChI is InChI=1S/C31H29F4N5O3S/c1-20(21-6-3-2-4-7-21)37-30-38-25(18-27(39-30)22-9-11-23(12-10-22)31(33,34)35)19-36-29(41)28-8-5-17-40(28)44(42,43)26-15-13-24(32)14-16-26/h2-4,6-7,9-16,18,20,28H,5,8,17,19H2,1H3,(H,36,41)(H,37,38,39)/t20?,28-/m0/s1. The molecular weight excluding hydrogens is 598 g/mol. The summed E-state index contributed by atoms with van der Waals surface area (Å²) in [6, 6.07) is 18.8. The zero-order valence-corrected chi connectivity index (χ0v) is 24.4. The molecule has 3 aromatic carbocycles. The molecule has 0 radical (unpaired) electrons. The maximum Gasteiger partial charge on any atom is 0.416 e. The van der Waals surface area contributed by atoms with Crippen LogP contribution in [0.25, 0.3) is 11.3 Å². The zero-order valence-electron chi connectivity index (χ0n) is 23.6. The van der Waals surface area contributed by atoms with Crippen LogP contribution in [0.5, 0.6) is 0 Å². The number of nitrogens with one attached hydrogen (secondary N) is 2. The van der Waals surface area contributed by atoms with Crippen molar-refractivity contribution in [3.8, 4) is 11.3 Å². The summed E-state index contributed by atoms with van der Waals surface area (Å²) in [5.41, 5.74) is 1.26. The lowest BCUT2D eigenvalue weighted by molar-refractivity contribution is -0.137. The van der Waals surface area contributed by atoms with Gasteiger partial charge in [-0.2, -0.15) is 17.5 Å². The first-order valence-corrected chi connectivity index (χ1v) is 15.3. The molecule has 0 bridgehead atoms. The monoisotopic (exact) mass is 627 g/mol. The minimum absolute atomic E-state index is 0.0929. The smallest absolute Gasteiger partial charge is 0.349 e. The number of anilines is 1. The highest BCUT2D eigenvalue weighted by atomic mass is 32.2. The first-order valence-electron chi connectivity index (χ1n) is 13.8. The van der Waals surface area contributed by atoms with E-state index in [1.165, 1.54) is 12.1 Å². The van der Waals surface area contributed by atoms with E-state index in [-0.39, 0.29) is 30.0 Å². The lowest BCUT2D eigenvalue weighted by atomic mass is 10.1. The predicted octanol–water partition coefficient (Wildman–Crippen LogP) is 5.94. The first kappa shape index (κ1) is 31.1. The average molecular weight is 628 g/mol. The van der Waals surface area contributed by atoms with Gasteiger partial charge in [0.15, 0.2) is 0 Å². The summed E-state index contributed by atoms with van der Waals surface area (Å²) in [6.45, 7) is 1.94. The van der Waals surface area contributed by atoms with Crippen molar-refractivity contribution in [1.82, 2.24) is 19.6 Å². The molecule has 0 spiro atoms. The van der Waals surface area contributed by atoms with E-state index in [0.717, 1.165) is 46.3 Å². The van der Waals surface area contributed by atoms with Crippen LogP contribution in [0.1, 0.15) is 42.6 Å². The number of hydrogen-bond acceptors (Lipinski definition) is 6. The molecule has 1 saturated heterocycles. The molecule has 230 valence electrons. The number of carbonyl (C=O) groups is 1. The van der Waals surface area contributed by atoms with Gasteiger partial charge in [-0.3, -0.25) is 4.79 Å². The molecular formula is C31H29F4N5O3S. The molecule has 44 heavy (non-hydrogen) atoms. The molecule has 2 N–H and O–H groups in total. The zero-order chi connectivity index (χ0) is 31.5. The number of rotatable bonds is 9. The highest BCUT2D eigenvalue weighted by Gasteiger charge is 2.39. The largest absolute Gasteiger partial charge is 0.416 e. The van der Waals surface area contributed by atoms with E-state index in [1.54, 1.807) is 6.07 Å². The van der Waals surface area contributed by atoms with Crippen LogP contribution in [0.2, 0.25) is 0 Å². The van der Waals surface area contributed by atoms with Crippen molar-refractivity contribution in [2.45, 2.75) is 49.5 Å². The number of hydrogen-bond donors (Lipinski definition) is 2. The van der Waals surface area contributed by atoms with Gasteiger partial charge in [-0.05, 0) is 67.8 Å². The number of aromatic nitrogens is 2. The van der Waals surface area contributed by atoms with E-state index in [4.69, 9.17) is 0 Å².